The number of nitrogens with zero attached hydrogens (tertiary/aromatic N) is 2. The Kier molecular flexibility index (Phi) is 3.20. The van der Waals surface area contributed by atoms with Crippen molar-refractivity contribution in [2.45, 2.75) is 49.8 Å². The van der Waals surface area contributed by atoms with E-state index in [1.165, 1.54) is 31.0 Å². The Bertz CT molecular complexity index is 509. The van der Waals surface area contributed by atoms with Gasteiger partial charge in [-0.2, -0.15) is 4.98 Å². The van der Waals surface area contributed by atoms with Gasteiger partial charge in [-0.25, -0.2) is 0 Å². The van der Waals surface area contributed by atoms with Crippen LogP contribution in [0.25, 0.3) is 0 Å². The van der Waals surface area contributed by atoms with Crippen LogP contribution in [0.1, 0.15) is 32.1 Å². The molecular formula is C12H17N3O2S. The molecule has 3 rings (SSSR count). The number of nitrogens with one attached hydrogen (secondary N) is 1. The molecule has 1 aliphatic heterocycles. The second-order valence-electron chi connectivity index (χ2n) is 4.88. The number of hydrogen-bond acceptors (Lipinski definition) is 5. The third kappa shape index (κ3) is 2.09. The quantitative estimate of drug-likeness (QED) is 0.800. The summed E-state index contributed by atoms with van der Waals surface area (Å²) in [6.07, 6.45) is 5.77. The molecule has 0 radical (unpaired) electrons. The van der Waals surface area contributed by atoms with E-state index < -0.39 is 0 Å². The molecule has 0 amide bonds. The molecule has 0 saturated heterocycles. The maximum absolute atomic E-state index is 12.2. The standard InChI is InChI=1S/C12H17N3O2S/c16-10-9(13-8-4-2-1-3-5-8)11(17)15-6-7-18-12(15)14-10/h8,13,16H,1-7H2. The second kappa shape index (κ2) is 4.84. The molecule has 2 N–H and O–H groups in total. The smallest absolute Gasteiger partial charge is 0.281 e. The lowest BCUT2D eigenvalue weighted by atomic mass is 9.95. The molecule has 0 aromatic carbocycles. The van der Waals surface area contributed by atoms with Gasteiger partial charge in [-0.15, -0.1) is 0 Å². The summed E-state index contributed by atoms with van der Waals surface area (Å²) in [6, 6.07) is 0.298. The van der Waals surface area contributed by atoms with E-state index in [9.17, 15) is 9.90 Å². The maximum atomic E-state index is 12.2. The summed E-state index contributed by atoms with van der Waals surface area (Å²) < 4.78 is 1.65. The summed E-state index contributed by atoms with van der Waals surface area (Å²) >= 11 is 1.52. The van der Waals surface area contributed by atoms with Crippen LogP contribution in [-0.4, -0.2) is 26.5 Å². The monoisotopic (exact) mass is 267 g/mol. The van der Waals surface area contributed by atoms with Crippen molar-refractivity contribution in [2.75, 3.05) is 11.1 Å². The highest BCUT2D eigenvalue weighted by Crippen LogP contribution is 2.28. The molecule has 1 aromatic heterocycles. The zero-order valence-corrected chi connectivity index (χ0v) is 11.0. The number of thioether (sulfide) groups is 1. The van der Waals surface area contributed by atoms with Crippen molar-refractivity contribution in [3.63, 3.8) is 0 Å². The predicted octanol–water partition coefficient (Wildman–Crippen LogP) is 1.80. The lowest BCUT2D eigenvalue weighted by molar-refractivity contribution is 0.429. The summed E-state index contributed by atoms with van der Waals surface area (Å²) in [5.41, 5.74) is 0.154. The van der Waals surface area contributed by atoms with Crippen molar-refractivity contribution in [1.82, 2.24) is 9.55 Å². The van der Waals surface area contributed by atoms with Crippen molar-refractivity contribution >= 4 is 17.4 Å². The third-order valence-corrected chi connectivity index (χ3v) is 4.57. The van der Waals surface area contributed by atoms with Gasteiger partial charge in [-0.3, -0.25) is 9.36 Å². The lowest BCUT2D eigenvalue weighted by Crippen LogP contribution is -2.30. The largest absolute Gasteiger partial charge is 0.492 e. The summed E-state index contributed by atoms with van der Waals surface area (Å²) in [5.74, 6) is 0.709. The fourth-order valence-electron chi connectivity index (χ4n) is 2.64. The van der Waals surface area contributed by atoms with Gasteiger partial charge in [0.1, 0.15) is 0 Å². The zero-order chi connectivity index (χ0) is 12.5. The van der Waals surface area contributed by atoms with Crippen molar-refractivity contribution in [3.8, 4) is 5.88 Å². The molecule has 0 spiro atoms. The molecule has 5 nitrogen and oxygen atoms in total. The van der Waals surface area contributed by atoms with Crippen LogP contribution in [0.3, 0.4) is 0 Å². The molecule has 1 aromatic rings. The number of hydrogen-bond donors (Lipinski definition) is 2. The van der Waals surface area contributed by atoms with E-state index in [1.54, 1.807) is 4.57 Å². The van der Waals surface area contributed by atoms with Crippen LogP contribution < -0.4 is 10.9 Å². The molecule has 1 fully saturated rings. The van der Waals surface area contributed by atoms with Crippen molar-refractivity contribution in [1.29, 1.82) is 0 Å². The number of aromatic nitrogens is 2. The first-order valence-electron chi connectivity index (χ1n) is 6.49. The van der Waals surface area contributed by atoms with Crippen LogP contribution in [0.2, 0.25) is 0 Å². The van der Waals surface area contributed by atoms with Gasteiger partial charge in [0.25, 0.3) is 5.56 Å². The lowest BCUT2D eigenvalue weighted by Gasteiger charge is -2.23. The van der Waals surface area contributed by atoms with Gasteiger partial charge >= 0.3 is 0 Å². The Hall–Kier alpha value is -1.17. The maximum Gasteiger partial charge on any atom is 0.281 e. The average Bonchev–Trinajstić information content (AvgIpc) is 2.84. The van der Waals surface area contributed by atoms with Crippen LogP contribution in [-0.2, 0) is 6.54 Å². The minimum absolute atomic E-state index is 0.131. The van der Waals surface area contributed by atoms with Crippen molar-refractivity contribution in [2.24, 2.45) is 0 Å². The number of aromatic hydroxyl groups is 1. The Morgan fingerprint density at radius 2 is 2.11 bits per heavy atom. The summed E-state index contributed by atoms with van der Waals surface area (Å²) in [4.78, 5) is 16.3. The van der Waals surface area contributed by atoms with Crippen LogP contribution in [0.15, 0.2) is 9.95 Å². The van der Waals surface area contributed by atoms with E-state index in [2.05, 4.69) is 10.3 Å². The van der Waals surface area contributed by atoms with E-state index >= 15 is 0 Å². The molecule has 0 bridgehead atoms. The molecule has 6 heteroatoms. The zero-order valence-electron chi connectivity index (χ0n) is 10.2. The van der Waals surface area contributed by atoms with Gasteiger partial charge in [0.05, 0.1) is 0 Å². The molecule has 1 saturated carbocycles. The summed E-state index contributed by atoms with van der Waals surface area (Å²) in [6.45, 7) is 0.686. The number of anilines is 1. The molecule has 98 valence electrons. The summed E-state index contributed by atoms with van der Waals surface area (Å²) in [7, 11) is 0. The predicted molar refractivity (Wildman–Crippen MR) is 71.4 cm³/mol. The highest BCUT2D eigenvalue weighted by atomic mass is 32.2. The van der Waals surface area contributed by atoms with E-state index in [4.69, 9.17) is 0 Å². The topological polar surface area (TPSA) is 67.2 Å². The van der Waals surface area contributed by atoms with Gasteiger partial charge in [0.2, 0.25) is 5.88 Å². The minimum atomic E-state index is -0.147. The molecule has 18 heavy (non-hydrogen) atoms. The van der Waals surface area contributed by atoms with Gasteiger partial charge < -0.3 is 10.4 Å². The normalized spacial score (nSPS) is 19.8. The molecule has 2 aliphatic rings. The Balaban J connectivity index is 1.89. The van der Waals surface area contributed by atoms with Gasteiger partial charge in [0, 0.05) is 18.3 Å². The third-order valence-electron chi connectivity index (χ3n) is 3.61. The van der Waals surface area contributed by atoms with Crippen LogP contribution in [0.5, 0.6) is 5.88 Å². The Labute approximate surface area is 110 Å². The van der Waals surface area contributed by atoms with Gasteiger partial charge in [-0.1, -0.05) is 31.0 Å². The molecule has 0 atom stereocenters. The first-order chi connectivity index (χ1) is 8.75. The Morgan fingerprint density at radius 1 is 1.33 bits per heavy atom. The number of fused-ring (bicyclic) bond motifs is 1. The molecule has 0 unspecified atom stereocenters. The molecule has 2 heterocycles. The van der Waals surface area contributed by atoms with Crippen LogP contribution in [0, 0.1) is 0 Å². The second-order valence-corrected chi connectivity index (χ2v) is 5.94. The van der Waals surface area contributed by atoms with E-state index in [0.717, 1.165) is 18.6 Å². The molecule has 1 aliphatic carbocycles. The van der Waals surface area contributed by atoms with E-state index in [1.807, 2.05) is 0 Å². The van der Waals surface area contributed by atoms with E-state index in [-0.39, 0.29) is 17.1 Å². The van der Waals surface area contributed by atoms with Gasteiger partial charge in [-0.05, 0) is 12.8 Å². The van der Waals surface area contributed by atoms with Crippen LogP contribution >= 0.6 is 11.8 Å². The first-order valence-corrected chi connectivity index (χ1v) is 7.47. The fraction of sp³-hybridized carbons (Fsp3) is 0.667. The van der Waals surface area contributed by atoms with Crippen molar-refractivity contribution in [3.05, 3.63) is 10.4 Å². The van der Waals surface area contributed by atoms with Crippen molar-refractivity contribution < 1.29 is 5.11 Å². The van der Waals surface area contributed by atoms with Gasteiger partial charge in [0.15, 0.2) is 10.8 Å². The first kappa shape index (κ1) is 11.9. The highest BCUT2D eigenvalue weighted by molar-refractivity contribution is 7.99. The Morgan fingerprint density at radius 3 is 2.89 bits per heavy atom. The van der Waals surface area contributed by atoms with Crippen LogP contribution in [0.4, 0.5) is 5.69 Å². The highest BCUT2D eigenvalue weighted by Gasteiger charge is 2.23. The SMILES string of the molecule is O=c1c(NC2CCCCC2)c(O)nc2n1CCS2. The fourth-order valence-corrected chi connectivity index (χ4v) is 3.57. The minimum Gasteiger partial charge on any atom is -0.492 e. The average molecular weight is 267 g/mol. The van der Waals surface area contributed by atoms with E-state index in [0.29, 0.717) is 17.7 Å². The molecular weight excluding hydrogens is 250 g/mol. The number of rotatable bonds is 2. The summed E-state index contributed by atoms with van der Waals surface area (Å²) in [5, 5.41) is 13.7.